The zero-order chi connectivity index (χ0) is 19.4. The molecule has 0 aliphatic rings. The first-order chi connectivity index (χ1) is 12.2. The van der Waals surface area contributed by atoms with Crippen molar-refractivity contribution < 1.29 is 14.6 Å². The van der Waals surface area contributed by atoms with Gasteiger partial charge in [0.25, 0.3) is 17.3 Å². The zero-order valence-electron chi connectivity index (χ0n) is 13.7. The largest absolute Gasteiger partial charge is 0.348 e. The molecule has 0 aliphatic carbocycles. The van der Waals surface area contributed by atoms with Gasteiger partial charge in [-0.05, 0) is 42.3 Å². The molecule has 0 saturated heterocycles. The van der Waals surface area contributed by atoms with Crippen molar-refractivity contribution >= 4 is 34.5 Å². The van der Waals surface area contributed by atoms with Crippen molar-refractivity contribution in [2.75, 3.05) is 6.54 Å². The molecule has 2 aromatic rings. The maximum Gasteiger partial charge on any atom is 0.279 e. The average molecular weight is 376 g/mol. The van der Waals surface area contributed by atoms with Crippen LogP contribution in [0.5, 0.6) is 0 Å². The number of hydrogen-bond donors (Lipinski definition) is 1. The van der Waals surface area contributed by atoms with Gasteiger partial charge in [0.1, 0.15) is 5.56 Å². The Labute approximate surface area is 153 Å². The zero-order valence-corrected chi connectivity index (χ0v) is 14.4. The molecule has 0 spiro atoms. The lowest BCUT2D eigenvalue weighted by atomic mass is 10.0. The summed E-state index contributed by atoms with van der Waals surface area (Å²) in [6.07, 6.45) is 0. The Bertz CT molecular complexity index is 874. The highest BCUT2D eigenvalue weighted by Crippen LogP contribution is 2.31. The third-order valence-electron chi connectivity index (χ3n) is 3.72. The molecule has 0 fully saturated rings. The van der Waals surface area contributed by atoms with Crippen molar-refractivity contribution in [3.8, 4) is 0 Å². The molecule has 0 atom stereocenters. The summed E-state index contributed by atoms with van der Waals surface area (Å²) in [6, 6.07) is 8.64. The van der Waals surface area contributed by atoms with Gasteiger partial charge in [-0.2, -0.15) is 0 Å². The highest BCUT2D eigenvalue weighted by atomic mass is 35.5. The Kier molecular flexibility index (Phi) is 5.68. The van der Waals surface area contributed by atoms with Crippen LogP contribution in [0.15, 0.2) is 43.0 Å². The molecular formula is C17H14ClN3O5. The third-order valence-corrected chi connectivity index (χ3v) is 3.98. The van der Waals surface area contributed by atoms with E-state index in [-0.39, 0.29) is 35.0 Å². The Morgan fingerprint density at radius 1 is 1.08 bits per heavy atom. The fourth-order valence-electron chi connectivity index (χ4n) is 2.26. The van der Waals surface area contributed by atoms with Gasteiger partial charge in [0.2, 0.25) is 0 Å². The molecule has 0 radical (unpaired) electrons. The molecule has 0 unspecified atom stereocenters. The van der Waals surface area contributed by atoms with Crippen LogP contribution in [0.4, 0.5) is 11.4 Å². The Morgan fingerprint density at radius 3 is 2.04 bits per heavy atom. The van der Waals surface area contributed by atoms with Gasteiger partial charge in [-0.15, -0.1) is 0 Å². The van der Waals surface area contributed by atoms with E-state index in [9.17, 15) is 25.0 Å². The summed E-state index contributed by atoms with van der Waals surface area (Å²) in [7, 11) is 0. The molecule has 9 heteroatoms. The molecule has 1 amide bonds. The van der Waals surface area contributed by atoms with Gasteiger partial charge in [-0.1, -0.05) is 18.2 Å². The van der Waals surface area contributed by atoms with Gasteiger partial charge in [0, 0.05) is 29.3 Å². The number of carbonyl (C=O) groups excluding carboxylic acids is 1. The number of nitro benzene ring substituents is 2. The van der Waals surface area contributed by atoms with Gasteiger partial charge in [0.05, 0.1) is 9.85 Å². The van der Waals surface area contributed by atoms with Crippen molar-refractivity contribution in [3.63, 3.8) is 0 Å². The van der Waals surface area contributed by atoms with E-state index in [0.29, 0.717) is 16.2 Å². The number of halogens is 1. The van der Waals surface area contributed by atoms with Crippen LogP contribution in [0, 0.1) is 27.2 Å². The molecule has 134 valence electrons. The topological polar surface area (TPSA) is 115 Å². The Morgan fingerprint density at radius 2 is 1.58 bits per heavy atom. The third kappa shape index (κ3) is 4.22. The minimum atomic E-state index is -0.689. The van der Waals surface area contributed by atoms with Crippen molar-refractivity contribution in [3.05, 3.63) is 84.9 Å². The first-order valence-corrected chi connectivity index (χ1v) is 7.74. The van der Waals surface area contributed by atoms with Gasteiger partial charge in [0.15, 0.2) is 0 Å². The molecule has 8 nitrogen and oxygen atoms in total. The number of nitrogens with zero attached hydrogens (tertiary/aromatic N) is 2. The quantitative estimate of drug-likeness (QED) is 0.607. The van der Waals surface area contributed by atoms with E-state index in [1.165, 1.54) is 19.1 Å². The van der Waals surface area contributed by atoms with Gasteiger partial charge >= 0.3 is 0 Å². The smallest absolute Gasteiger partial charge is 0.279 e. The maximum absolute atomic E-state index is 12.1. The molecule has 2 rings (SSSR count). The van der Waals surface area contributed by atoms with E-state index in [1.54, 1.807) is 24.3 Å². The number of amides is 1. The van der Waals surface area contributed by atoms with Crippen LogP contribution < -0.4 is 5.32 Å². The number of rotatable bonds is 6. The standard InChI is InChI=1S/C17H14ClN3O5/c1-10(9-19-17(22)12-3-5-14(18)6-4-12)13-7-15(20(23)24)11(2)16(8-13)21(25)26/h3-8H,1,9H2,2H3,(H,19,22). The summed E-state index contributed by atoms with van der Waals surface area (Å²) in [6.45, 7) is 5.04. The van der Waals surface area contributed by atoms with Crippen molar-refractivity contribution in [1.82, 2.24) is 5.32 Å². The second-order valence-corrected chi connectivity index (χ2v) is 5.88. The van der Waals surface area contributed by atoms with Gasteiger partial charge in [-0.3, -0.25) is 25.0 Å². The summed E-state index contributed by atoms with van der Waals surface area (Å²) in [5.41, 5.74) is 0.104. The highest BCUT2D eigenvalue weighted by Gasteiger charge is 2.23. The second kappa shape index (κ2) is 7.75. The fraction of sp³-hybridized carbons (Fsp3) is 0.118. The second-order valence-electron chi connectivity index (χ2n) is 5.45. The van der Waals surface area contributed by atoms with E-state index in [4.69, 9.17) is 11.6 Å². The molecule has 0 heterocycles. The van der Waals surface area contributed by atoms with E-state index in [1.807, 2.05) is 0 Å². The summed E-state index contributed by atoms with van der Waals surface area (Å²) < 4.78 is 0. The van der Waals surface area contributed by atoms with Gasteiger partial charge in [-0.25, -0.2) is 0 Å². The van der Waals surface area contributed by atoms with Crippen LogP contribution in [0.3, 0.4) is 0 Å². The fourth-order valence-corrected chi connectivity index (χ4v) is 2.39. The molecule has 0 saturated carbocycles. The summed E-state index contributed by atoms with van der Waals surface area (Å²) in [5.74, 6) is -0.390. The van der Waals surface area contributed by atoms with E-state index in [2.05, 4.69) is 11.9 Å². The summed E-state index contributed by atoms with van der Waals surface area (Å²) in [4.78, 5) is 33.0. The summed E-state index contributed by atoms with van der Waals surface area (Å²) in [5, 5.41) is 25.3. The van der Waals surface area contributed by atoms with Crippen LogP contribution in [0.2, 0.25) is 5.02 Å². The van der Waals surface area contributed by atoms with Crippen LogP contribution in [-0.2, 0) is 0 Å². The van der Waals surface area contributed by atoms with Crippen molar-refractivity contribution in [1.29, 1.82) is 0 Å². The molecule has 0 bridgehead atoms. The first-order valence-electron chi connectivity index (χ1n) is 7.36. The Hall–Kier alpha value is -3.26. The molecule has 1 N–H and O–H groups in total. The predicted octanol–water partition coefficient (Wildman–Crippen LogP) is 3.91. The lowest BCUT2D eigenvalue weighted by Gasteiger charge is -2.10. The van der Waals surface area contributed by atoms with E-state index >= 15 is 0 Å². The van der Waals surface area contributed by atoms with Crippen molar-refractivity contribution in [2.24, 2.45) is 0 Å². The minimum Gasteiger partial charge on any atom is -0.348 e. The molecular weight excluding hydrogens is 362 g/mol. The Balaban J connectivity index is 2.21. The summed E-state index contributed by atoms with van der Waals surface area (Å²) >= 11 is 5.76. The van der Waals surface area contributed by atoms with Crippen LogP contribution >= 0.6 is 11.6 Å². The normalized spacial score (nSPS) is 10.2. The van der Waals surface area contributed by atoms with Crippen LogP contribution in [0.25, 0.3) is 5.57 Å². The SMILES string of the molecule is C=C(CNC(=O)c1ccc(Cl)cc1)c1cc([N+](=O)[O-])c(C)c([N+](=O)[O-])c1. The molecule has 0 aliphatic heterocycles. The van der Waals surface area contributed by atoms with Crippen LogP contribution in [0.1, 0.15) is 21.5 Å². The lowest BCUT2D eigenvalue weighted by molar-refractivity contribution is -0.395. The number of nitrogens with one attached hydrogen (secondary N) is 1. The predicted molar refractivity (Wildman–Crippen MR) is 97.3 cm³/mol. The van der Waals surface area contributed by atoms with E-state index in [0.717, 1.165) is 0 Å². The minimum absolute atomic E-state index is 0.0289. The number of benzene rings is 2. The maximum atomic E-state index is 12.1. The molecule has 26 heavy (non-hydrogen) atoms. The number of nitro groups is 2. The number of carbonyl (C=O) groups is 1. The molecule has 0 aromatic heterocycles. The number of hydrogen-bond acceptors (Lipinski definition) is 5. The van der Waals surface area contributed by atoms with E-state index < -0.39 is 9.85 Å². The highest BCUT2D eigenvalue weighted by molar-refractivity contribution is 6.30. The molecule has 2 aromatic carbocycles. The van der Waals surface area contributed by atoms with Gasteiger partial charge < -0.3 is 5.32 Å². The van der Waals surface area contributed by atoms with Crippen LogP contribution in [-0.4, -0.2) is 22.3 Å². The monoisotopic (exact) mass is 375 g/mol. The first kappa shape index (κ1) is 19.1. The lowest BCUT2D eigenvalue weighted by Crippen LogP contribution is -2.25. The van der Waals surface area contributed by atoms with Crippen molar-refractivity contribution in [2.45, 2.75) is 6.92 Å². The average Bonchev–Trinajstić information content (AvgIpc) is 2.59.